The fourth-order valence-corrected chi connectivity index (χ4v) is 3.29. The van der Waals surface area contributed by atoms with Crippen LogP contribution in [0.2, 0.25) is 0 Å². The van der Waals surface area contributed by atoms with E-state index in [2.05, 4.69) is 24.4 Å². The quantitative estimate of drug-likeness (QED) is 0.167. The lowest BCUT2D eigenvalue weighted by Gasteiger charge is -2.07. The van der Waals surface area contributed by atoms with Gasteiger partial charge in [-0.05, 0) is 51.4 Å². The van der Waals surface area contributed by atoms with E-state index in [9.17, 15) is 9.59 Å². The molecule has 0 radical (unpaired) electrons. The zero-order chi connectivity index (χ0) is 21.6. The predicted molar refractivity (Wildman–Crippen MR) is 122 cm³/mol. The van der Waals surface area contributed by atoms with E-state index in [1.807, 2.05) is 0 Å². The summed E-state index contributed by atoms with van der Waals surface area (Å²) in [6.07, 6.45) is 23.6. The topological polar surface area (TPSA) is 92.4 Å². The van der Waals surface area contributed by atoms with Crippen LogP contribution in [0.15, 0.2) is 12.2 Å². The molecule has 5 nitrogen and oxygen atoms in total. The minimum atomic E-state index is -0.960. The fraction of sp³-hybridized carbons (Fsp3) is 0.833. The van der Waals surface area contributed by atoms with Gasteiger partial charge in [-0.25, -0.2) is 0 Å². The van der Waals surface area contributed by atoms with Crippen LogP contribution in [0.1, 0.15) is 116 Å². The van der Waals surface area contributed by atoms with Crippen molar-refractivity contribution in [2.75, 3.05) is 6.54 Å². The number of allylic oxidation sites excluding steroid dienone is 2. The highest BCUT2D eigenvalue weighted by Crippen LogP contribution is 2.10. The van der Waals surface area contributed by atoms with E-state index < -0.39 is 12.0 Å². The van der Waals surface area contributed by atoms with E-state index in [-0.39, 0.29) is 5.91 Å². The smallest absolute Gasteiger partial charge is 0.320 e. The number of nitrogens with two attached hydrogens (primary N) is 1. The number of carboxylic acids is 1. The molecule has 0 saturated carbocycles. The number of rotatable bonds is 21. The molecule has 5 heteroatoms. The lowest BCUT2D eigenvalue weighted by atomic mass is 10.1. The van der Waals surface area contributed by atoms with Crippen molar-refractivity contribution in [2.24, 2.45) is 5.73 Å². The fourth-order valence-electron chi connectivity index (χ4n) is 3.29. The van der Waals surface area contributed by atoms with Gasteiger partial charge in [0, 0.05) is 13.0 Å². The molecular formula is C24H46N2O3. The molecule has 0 unspecified atom stereocenters. The van der Waals surface area contributed by atoms with E-state index in [0.717, 1.165) is 32.1 Å². The number of aliphatic carboxylic acids is 1. The predicted octanol–water partition coefficient (Wildman–Crippen LogP) is 5.72. The molecule has 1 amide bonds. The minimum absolute atomic E-state index is 0.0992. The molecule has 0 aromatic heterocycles. The molecule has 0 fully saturated rings. The standard InChI is InChI=1S/C24H46N2O3/c1-2-3-4-5-6-7-8-9-10-11-12-13-14-15-16-20-23(27)26-21-18-17-19-22(25)24(28)29/h10-11,22H,2-9,12-21,25H2,1H3,(H,26,27)(H,28,29)/b11-10+/t22-/m0/s1. The first-order valence-electron chi connectivity index (χ1n) is 12.0. The Hall–Kier alpha value is -1.36. The summed E-state index contributed by atoms with van der Waals surface area (Å²) in [6.45, 7) is 2.87. The van der Waals surface area contributed by atoms with Gasteiger partial charge in [0.1, 0.15) is 6.04 Å². The van der Waals surface area contributed by atoms with Gasteiger partial charge in [-0.2, -0.15) is 0 Å². The number of carbonyl (C=O) groups excluding carboxylic acids is 1. The summed E-state index contributed by atoms with van der Waals surface area (Å²) in [5.74, 6) is -0.861. The monoisotopic (exact) mass is 410 g/mol. The van der Waals surface area contributed by atoms with E-state index in [4.69, 9.17) is 10.8 Å². The van der Waals surface area contributed by atoms with Crippen LogP contribution in [0.3, 0.4) is 0 Å². The van der Waals surface area contributed by atoms with Crippen molar-refractivity contribution < 1.29 is 14.7 Å². The van der Waals surface area contributed by atoms with Gasteiger partial charge >= 0.3 is 5.97 Å². The maximum absolute atomic E-state index is 11.7. The van der Waals surface area contributed by atoms with Crippen molar-refractivity contribution in [1.82, 2.24) is 5.32 Å². The largest absolute Gasteiger partial charge is 0.480 e. The van der Waals surface area contributed by atoms with Crippen molar-refractivity contribution >= 4 is 11.9 Å². The number of unbranched alkanes of at least 4 members (excludes halogenated alkanes) is 12. The van der Waals surface area contributed by atoms with Gasteiger partial charge in [0.05, 0.1) is 0 Å². The Morgan fingerprint density at radius 1 is 0.828 bits per heavy atom. The molecule has 0 aliphatic carbocycles. The molecule has 0 bridgehead atoms. The van der Waals surface area contributed by atoms with E-state index in [1.54, 1.807) is 0 Å². The second-order valence-electron chi connectivity index (χ2n) is 8.12. The summed E-state index contributed by atoms with van der Waals surface area (Å²) in [5, 5.41) is 11.6. The van der Waals surface area contributed by atoms with Crippen LogP contribution in [0.5, 0.6) is 0 Å². The SMILES string of the molecule is CCCCCCCCC/C=C/CCCCCCC(=O)NCCCC[C@H](N)C(=O)O. The van der Waals surface area contributed by atoms with E-state index in [1.165, 1.54) is 64.2 Å². The summed E-state index contributed by atoms with van der Waals surface area (Å²) >= 11 is 0. The molecule has 0 aliphatic heterocycles. The summed E-state index contributed by atoms with van der Waals surface area (Å²) < 4.78 is 0. The van der Waals surface area contributed by atoms with E-state index >= 15 is 0 Å². The number of nitrogens with one attached hydrogen (secondary N) is 1. The zero-order valence-corrected chi connectivity index (χ0v) is 18.8. The third-order valence-corrected chi connectivity index (χ3v) is 5.25. The van der Waals surface area contributed by atoms with Gasteiger partial charge in [-0.1, -0.05) is 70.4 Å². The van der Waals surface area contributed by atoms with Crippen LogP contribution in [0, 0.1) is 0 Å². The molecule has 0 aromatic carbocycles. The lowest BCUT2D eigenvalue weighted by molar-refractivity contribution is -0.138. The first-order chi connectivity index (χ1) is 14.1. The second-order valence-corrected chi connectivity index (χ2v) is 8.12. The first kappa shape index (κ1) is 27.6. The number of amides is 1. The molecule has 0 spiro atoms. The van der Waals surface area contributed by atoms with Crippen molar-refractivity contribution in [1.29, 1.82) is 0 Å². The molecule has 0 saturated heterocycles. The van der Waals surface area contributed by atoms with E-state index in [0.29, 0.717) is 19.4 Å². The van der Waals surface area contributed by atoms with Crippen LogP contribution in [0.25, 0.3) is 0 Å². The minimum Gasteiger partial charge on any atom is -0.480 e. The van der Waals surface area contributed by atoms with Crippen LogP contribution in [-0.4, -0.2) is 29.6 Å². The molecule has 0 rings (SSSR count). The summed E-state index contributed by atoms with van der Waals surface area (Å²) in [7, 11) is 0. The molecule has 0 aromatic rings. The summed E-state index contributed by atoms with van der Waals surface area (Å²) in [4.78, 5) is 22.3. The van der Waals surface area contributed by atoms with Gasteiger partial charge in [-0.3, -0.25) is 9.59 Å². The third-order valence-electron chi connectivity index (χ3n) is 5.25. The Bertz CT molecular complexity index is 424. The number of carbonyl (C=O) groups is 2. The van der Waals surface area contributed by atoms with Crippen LogP contribution < -0.4 is 11.1 Å². The first-order valence-corrected chi connectivity index (χ1v) is 12.0. The molecule has 4 N–H and O–H groups in total. The van der Waals surface area contributed by atoms with Gasteiger partial charge in [-0.15, -0.1) is 0 Å². The maximum Gasteiger partial charge on any atom is 0.320 e. The Morgan fingerprint density at radius 2 is 1.38 bits per heavy atom. The van der Waals surface area contributed by atoms with Gasteiger partial charge < -0.3 is 16.2 Å². The summed E-state index contributed by atoms with van der Waals surface area (Å²) in [5.41, 5.74) is 5.44. The molecular weight excluding hydrogens is 364 g/mol. The highest BCUT2D eigenvalue weighted by molar-refractivity contribution is 5.75. The lowest BCUT2D eigenvalue weighted by Crippen LogP contribution is -2.30. The van der Waals surface area contributed by atoms with Crippen molar-refractivity contribution in [3.05, 3.63) is 12.2 Å². The Morgan fingerprint density at radius 3 is 1.97 bits per heavy atom. The van der Waals surface area contributed by atoms with Crippen molar-refractivity contribution in [3.63, 3.8) is 0 Å². The average Bonchev–Trinajstić information content (AvgIpc) is 2.70. The van der Waals surface area contributed by atoms with Gasteiger partial charge in [0.2, 0.25) is 5.91 Å². The third kappa shape index (κ3) is 21.2. The second kappa shape index (κ2) is 21.4. The number of hydrogen-bond donors (Lipinski definition) is 3. The molecule has 29 heavy (non-hydrogen) atoms. The van der Waals surface area contributed by atoms with Crippen molar-refractivity contribution in [3.8, 4) is 0 Å². The van der Waals surface area contributed by atoms with Crippen molar-refractivity contribution in [2.45, 2.75) is 122 Å². The normalized spacial score (nSPS) is 12.3. The molecule has 0 aliphatic rings. The van der Waals surface area contributed by atoms with Crippen LogP contribution >= 0.6 is 0 Å². The van der Waals surface area contributed by atoms with Crippen LogP contribution in [0.4, 0.5) is 0 Å². The highest BCUT2D eigenvalue weighted by atomic mass is 16.4. The van der Waals surface area contributed by atoms with Gasteiger partial charge in [0.25, 0.3) is 0 Å². The highest BCUT2D eigenvalue weighted by Gasteiger charge is 2.10. The Labute approximate surface area is 178 Å². The molecule has 170 valence electrons. The average molecular weight is 411 g/mol. The maximum atomic E-state index is 11.7. The number of hydrogen-bond acceptors (Lipinski definition) is 3. The van der Waals surface area contributed by atoms with Crippen LogP contribution in [-0.2, 0) is 9.59 Å². The Balaban J connectivity index is 3.29. The summed E-state index contributed by atoms with van der Waals surface area (Å²) in [6, 6.07) is -0.791. The zero-order valence-electron chi connectivity index (χ0n) is 18.8. The van der Waals surface area contributed by atoms with Gasteiger partial charge in [0.15, 0.2) is 0 Å². The molecule has 0 heterocycles. The number of carboxylic acid groups (broad SMARTS) is 1. The molecule has 1 atom stereocenters. The Kier molecular flexibility index (Phi) is 20.3.